The highest BCUT2D eigenvalue weighted by molar-refractivity contribution is 5.83. The molecule has 0 fully saturated rings. The zero-order chi connectivity index (χ0) is 25.3. The number of methoxy groups -OCH3 is 2. The monoisotopic (exact) mass is 485 g/mol. The average Bonchev–Trinajstić information content (AvgIpc) is 3.47. The molecule has 1 atom stereocenters. The lowest BCUT2D eigenvalue weighted by Gasteiger charge is -2.21. The lowest BCUT2D eigenvalue weighted by molar-refractivity contribution is 0.188. The Kier molecular flexibility index (Phi) is 6.18. The summed E-state index contributed by atoms with van der Waals surface area (Å²) in [6.45, 7) is 3.78. The summed E-state index contributed by atoms with van der Waals surface area (Å²) in [7, 11) is 3.24. The van der Waals surface area contributed by atoms with Crippen LogP contribution in [0.25, 0.3) is 22.3 Å². The second kappa shape index (κ2) is 9.45. The number of aliphatic hydroxyl groups is 1. The molecule has 0 saturated heterocycles. The molecule has 0 radical (unpaired) electrons. The van der Waals surface area contributed by atoms with Gasteiger partial charge in [0.1, 0.15) is 17.4 Å². The molecule has 10 heteroatoms. The van der Waals surface area contributed by atoms with Gasteiger partial charge in [-0.1, -0.05) is 6.92 Å². The number of fused-ring (bicyclic) bond motifs is 2. The summed E-state index contributed by atoms with van der Waals surface area (Å²) in [6.07, 6.45) is 3.62. The fourth-order valence-corrected chi connectivity index (χ4v) is 4.48. The van der Waals surface area contributed by atoms with E-state index >= 15 is 0 Å². The summed E-state index contributed by atoms with van der Waals surface area (Å²) in [4.78, 5) is 13.7. The second-order valence-electron chi connectivity index (χ2n) is 8.98. The first kappa shape index (κ1) is 23.5. The van der Waals surface area contributed by atoms with Gasteiger partial charge in [0.05, 0.1) is 37.3 Å². The number of nitrogens with zero attached hydrogens (tertiary/aromatic N) is 5. The molecule has 36 heavy (non-hydrogen) atoms. The van der Waals surface area contributed by atoms with Gasteiger partial charge in [0.2, 0.25) is 11.8 Å². The molecule has 0 unspecified atom stereocenters. The first-order valence-electron chi connectivity index (χ1n) is 11.6. The smallest absolute Gasteiger partial charge is 0.239 e. The van der Waals surface area contributed by atoms with E-state index in [1.807, 2.05) is 35.9 Å². The number of hydrogen-bond acceptors (Lipinski definition) is 9. The normalized spacial score (nSPS) is 16.4. The van der Waals surface area contributed by atoms with Crippen LogP contribution in [0.2, 0.25) is 0 Å². The lowest BCUT2D eigenvalue weighted by Crippen LogP contribution is -2.28. The minimum Gasteiger partial charge on any atom is -0.479 e. The molecular weight excluding hydrogens is 458 g/mol. The summed E-state index contributed by atoms with van der Waals surface area (Å²) < 4.78 is 12.7. The third-order valence-corrected chi connectivity index (χ3v) is 6.54. The van der Waals surface area contributed by atoms with Gasteiger partial charge in [0.15, 0.2) is 0 Å². The van der Waals surface area contributed by atoms with Crippen molar-refractivity contribution in [1.29, 1.82) is 5.26 Å². The Morgan fingerprint density at radius 1 is 1.25 bits per heavy atom. The van der Waals surface area contributed by atoms with Crippen LogP contribution in [0.4, 0.5) is 17.3 Å². The number of nitriles is 1. The maximum absolute atomic E-state index is 9.99. The summed E-state index contributed by atoms with van der Waals surface area (Å²) in [5.74, 6) is 0.788. The zero-order valence-electron chi connectivity index (χ0n) is 20.4. The molecule has 1 aromatic carbocycles. The number of aliphatic hydroxyl groups excluding tert-OH is 1. The van der Waals surface area contributed by atoms with Crippen LogP contribution in [0.1, 0.15) is 18.1 Å². The first-order chi connectivity index (χ1) is 17.5. The molecular formula is C26H27N7O3. The first-order valence-corrected chi connectivity index (χ1v) is 11.6. The maximum Gasteiger partial charge on any atom is 0.239 e. The SMILES string of the molecule is COCCn1ccc2cc(Nc3nccc(-c4cc(C#N)c5c(c4)[C@@](C)(CO)CN5)n3)c(OC)nc21. The quantitative estimate of drug-likeness (QED) is 0.343. The molecule has 0 bridgehead atoms. The van der Waals surface area contributed by atoms with Gasteiger partial charge < -0.3 is 29.8 Å². The standard InChI is InChI=1S/C26H27N7O3/c1-26(15-34)14-29-22-18(13-27)10-17(11-19(22)26)20-4-6-28-25(30-20)31-21-12-16-5-7-33(8-9-35-2)23(16)32-24(21)36-3/h4-7,10-12,29,34H,8-9,14-15H2,1-3H3,(H,28,30,31)/t26-/m1/s1. The van der Waals surface area contributed by atoms with Crippen LogP contribution in [0.15, 0.2) is 42.7 Å². The van der Waals surface area contributed by atoms with E-state index < -0.39 is 5.41 Å². The van der Waals surface area contributed by atoms with Gasteiger partial charge in [0, 0.05) is 49.0 Å². The predicted molar refractivity (Wildman–Crippen MR) is 137 cm³/mol. The molecule has 4 heterocycles. The number of pyridine rings is 1. The fourth-order valence-electron chi connectivity index (χ4n) is 4.48. The van der Waals surface area contributed by atoms with Crippen LogP contribution < -0.4 is 15.4 Å². The largest absolute Gasteiger partial charge is 0.479 e. The van der Waals surface area contributed by atoms with Gasteiger partial charge in [-0.15, -0.1) is 0 Å². The molecule has 4 aromatic rings. The number of anilines is 3. The summed E-state index contributed by atoms with van der Waals surface area (Å²) in [6, 6.07) is 11.8. The molecule has 184 valence electrons. The molecule has 10 nitrogen and oxygen atoms in total. The molecule has 5 rings (SSSR count). The van der Waals surface area contributed by atoms with Crippen LogP contribution in [0, 0.1) is 11.3 Å². The highest BCUT2D eigenvalue weighted by atomic mass is 16.5. The van der Waals surface area contributed by atoms with Crippen molar-refractivity contribution in [1.82, 2.24) is 19.5 Å². The zero-order valence-corrected chi connectivity index (χ0v) is 20.4. The van der Waals surface area contributed by atoms with Crippen molar-refractivity contribution < 1.29 is 14.6 Å². The summed E-state index contributed by atoms with van der Waals surface area (Å²) >= 11 is 0. The molecule has 0 saturated carbocycles. The highest BCUT2D eigenvalue weighted by Crippen LogP contribution is 2.41. The Balaban J connectivity index is 1.50. The Bertz CT molecular complexity index is 1480. The highest BCUT2D eigenvalue weighted by Gasteiger charge is 2.36. The lowest BCUT2D eigenvalue weighted by atomic mass is 9.83. The van der Waals surface area contributed by atoms with Crippen LogP contribution >= 0.6 is 0 Å². The predicted octanol–water partition coefficient (Wildman–Crippen LogP) is 3.44. The molecule has 1 aliphatic rings. The van der Waals surface area contributed by atoms with Gasteiger partial charge in [-0.3, -0.25) is 0 Å². The van der Waals surface area contributed by atoms with E-state index in [2.05, 4.69) is 26.7 Å². The van der Waals surface area contributed by atoms with E-state index in [1.54, 1.807) is 32.5 Å². The van der Waals surface area contributed by atoms with E-state index in [4.69, 9.17) is 14.5 Å². The van der Waals surface area contributed by atoms with Crippen molar-refractivity contribution >= 4 is 28.4 Å². The Morgan fingerprint density at radius 3 is 2.86 bits per heavy atom. The minimum atomic E-state index is -0.473. The fraction of sp³-hybridized carbons (Fsp3) is 0.308. The van der Waals surface area contributed by atoms with Crippen molar-refractivity contribution in [2.75, 3.05) is 44.6 Å². The molecule has 0 spiro atoms. The Morgan fingerprint density at radius 2 is 2.11 bits per heavy atom. The topological polar surface area (TPSA) is 130 Å². The van der Waals surface area contributed by atoms with Gasteiger partial charge in [-0.25, -0.2) is 9.97 Å². The number of aromatic nitrogens is 4. The molecule has 1 aliphatic heterocycles. The van der Waals surface area contributed by atoms with E-state index in [0.29, 0.717) is 48.5 Å². The van der Waals surface area contributed by atoms with E-state index in [0.717, 1.165) is 27.8 Å². The molecule has 0 amide bonds. The number of rotatable bonds is 8. The number of ether oxygens (including phenoxy) is 2. The van der Waals surface area contributed by atoms with Gasteiger partial charge in [-0.2, -0.15) is 10.2 Å². The molecule has 3 aromatic heterocycles. The molecule has 0 aliphatic carbocycles. The van der Waals surface area contributed by atoms with Gasteiger partial charge in [-0.05, 0) is 35.9 Å². The van der Waals surface area contributed by atoms with E-state index in [-0.39, 0.29) is 6.61 Å². The van der Waals surface area contributed by atoms with Crippen molar-refractivity contribution in [3.63, 3.8) is 0 Å². The van der Waals surface area contributed by atoms with Crippen LogP contribution in [0.5, 0.6) is 5.88 Å². The summed E-state index contributed by atoms with van der Waals surface area (Å²) in [5.41, 5.74) is 4.57. The van der Waals surface area contributed by atoms with Crippen molar-refractivity contribution in [2.24, 2.45) is 0 Å². The van der Waals surface area contributed by atoms with Gasteiger partial charge >= 0.3 is 0 Å². The van der Waals surface area contributed by atoms with E-state index in [1.165, 1.54) is 0 Å². The third-order valence-electron chi connectivity index (χ3n) is 6.54. The van der Waals surface area contributed by atoms with Crippen molar-refractivity contribution in [3.05, 3.63) is 53.9 Å². The van der Waals surface area contributed by atoms with Crippen molar-refractivity contribution in [2.45, 2.75) is 18.9 Å². The van der Waals surface area contributed by atoms with Crippen LogP contribution in [-0.4, -0.2) is 58.6 Å². The second-order valence-corrected chi connectivity index (χ2v) is 8.98. The van der Waals surface area contributed by atoms with Crippen LogP contribution in [0.3, 0.4) is 0 Å². The number of nitrogens with one attached hydrogen (secondary N) is 2. The van der Waals surface area contributed by atoms with E-state index in [9.17, 15) is 10.4 Å². The number of hydrogen-bond donors (Lipinski definition) is 3. The number of benzene rings is 1. The van der Waals surface area contributed by atoms with Crippen LogP contribution in [-0.2, 0) is 16.7 Å². The maximum atomic E-state index is 9.99. The minimum absolute atomic E-state index is 0.0274. The van der Waals surface area contributed by atoms with Crippen molar-refractivity contribution in [3.8, 4) is 23.2 Å². The Labute approximate surface area is 208 Å². The summed E-state index contributed by atoms with van der Waals surface area (Å²) in [5, 5.41) is 27.2. The molecule has 3 N–H and O–H groups in total. The Hall–Kier alpha value is -4.20. The third kappa shape index (κ3) is 4.08. The average molecular weight is 486 g/mol. The van der Waals surface area contributed by atoms with Gasteiger partial charge in [0.25, 0.3) is 0 Å².